The molecule has 0 radical (unpaired) electrons. The number of carbonyl (C=O) groups is 4. The molecule has 1 aromatic heterocycles. The van der Waals surface area contributed by atoms with E-state index in [1.807, 2.05) is 0 Å². The highest BCUT2D eigenvalue weighted by atomic mass is 32.2. The van der Waals surface area contributed by atoms with Gasteiger partial charge in [0, 0.05) is 30.1 Å². The Morgan fingerprint density at radius 3 is 2.50 bits per heavy atom. The van der Waals surface area contributed by atoms with Gasteiger partial charge < -0.3 is 21.1 Å². The molecule has 1 fully saturated rings. The quantitative estimate of drug-likeness (QED) is 0.287. The Kier molecular flexibility index (Phi) is 10.4. The summed E-state index contributed by atoms with van der Waals surface area (Å²) in [5.74, 6) is -4.13. The van der Waals surface area contributed by atoms with E-state index in [0.29, 0.717) is 23.0 Å². The number of hydrogen-bond donors (Lipinski definition) is 4. The molecule has 13 nitrogen and oxygen atoms in total. The molecule has 2 heterocycles. The van der Waals surface area contributed by atoms with Crippen LogP contribution in [0.2, 0.25) is 0 Å². The molecule has 1 saturated heterocycles. The van der Waals surface area contributed by atoms with Crippen LogP contribution < -0.4 is 16.0 Å². The number of aromatic nitrogens is 1. The van der Waals surface area contributed by atoms with Gasteiger partial charge in [0.15, 0.2) is 0 Å². The summed E-state index contributed by atoms with van der Waals surface area (Å²) in [6, 6.07) is 8.79. The predicted molar refractivity (Wildman–Crippen MR) is 134 cm³/mol. The van der Waals surface area contributed by atoms with Gasteiger partial charge in [0.2, 0.25) is 5.91 Å². The van der Waals surface area contributed by atoms with E-state index >= 15 is 0 Å². The van der Waals surface area contributed by atoms with Gasteiger partial charge in [-0.2, -0.15) is 8.42 Å². The van der Waals surface area contributed by atoms with Gasteiger partial charge in [-0.15, -0.1) is 0 Å². The smallest absolute Gasteiger partial charge is 0.333 e. The number of carbonyl (C=O) groups excluding carboxylic acids is 3. The second-order valence-corrected chi connectivity index (χ2v) is 9.22. The van der Waals surface area contributed by atoms with Crippen LogP contribution in [0.15, 0.2) is 53.3 Å². The number of carboxylic acid groups (broad SMARTS) is 1. The number of rotatable bonds is 11. The van der Waals surface area contributed by atoms with Crippen molar-refractivity contribution in [3.05, 3.63) is 65.5 Å². The van der Waals surface area contributed by atoms with Crippen LogP contribution in [0, 0.1) is 5.92 Å². The summed E-state index contributed by atoms with van der Waals surface area (Å²) in [5, 5.41) is 17.9. The molecule has 38 heavy (non-hydrogen) atoms. The van der Waals surface area contributed by atoms with Gasteiger partial charge in [0.1, 0.15) is 6.54 Å². The van der Waals surface area contributed by atoms with Gasteiger partial charge in [0.25, 0.3) is 11.8 Å². The molecule has 3 amide bonds. The van der Waals surface area contributed by atoms with Gasteiger partial charge in [-0.25, -0.2) is 5.01 Å². The molecule has 1 atom stereocenters. The molecule has 0 aliphatic carbocycles. The fraction of sp³-hybridized carbons (Fsp3) is 0.375. The largest absolute Gasteiger partial charge is 0.480 e. The van der Waals surface area contributed by atoms with E-state index in [1.54, 1.807) is 0 Å². The monoisotopic (exact) mass is 544 g/mol. The minimum atomic E-state index is -3.05. The Morgan fingerprint density at radius 2 is 1.84 bits per heavy atom. The molecule has 2 aromatic rings. The molecular formula is C24H28N6O7S. The molecule has 1 aliphatic rings. The van der Waals surface area contributed by atoms with E-state index in [9.17, 15) is 27.6 Å². The summed E-state index contributed by atoms with van der Waals surface area (Å²) in [6.07, 6.45) is 4.69. The van der Waals surface area contributed by atoms with Crippen LogP contribution in [-0.2, 0) is 20.1 Å². The first-order valence-electron chi connectivity index (χ1n) is 11.9. The second kappa shape index (κ2) is 13.9. The molecule has 3 rings (SSSR count). The number of piperidine rings is 1. The first-order chi connectivity index (χ1) is 18.2. The summed E-state index contributed by atoms with van der Waals surface area (Å²) in [5.41, 5.74) is 0.492. The van der Waals surface area contributed by atoms with Crippen molar-refractivity contribution in [3.8, 4) is 0 Å². The van der Waals surface area contributed by atoms with Crippen molar-refractivity contribution in [1.29, 1.82) is 0 Å². The number of carboxylic acids is 1. The molecule has 4 N–H and O–H groups in total. The van der Waals surface area contributed by atoms with Crippen LogP contribution in [0.3, 0.4) is 0 Å². The van der Waals surface area contributed by atoms with Gasteiger partial charge in [-0.1, -0.05) is 12.1 Å². The van der Waals surface area contributed by atoms with Crippen molar-refractivity contribution in [2.45, 2.75) is 18.8 Å². The maximum absolute atomic E-state index is 13.3. The molecule has 0 bridgehead atoms. The lowest BCUT2D eigenvalue weighted by atomic mass is 9.98. The Bertz CT molecular complexity index is 1290. The number of nitrogens with one attached hydrogen (secondary N) is 3. The minimum Gasteiger partial charge on any atom is -0.480 e. The molecule has 202 valence electrons. The number of aliphatic carboxylic acids is 1. The highest BCUT2D eigenvalue weighted by Crippen LogP contribution is 2.19. The Labute approximate surface area is 220 Å². The summed E-state index contributed by atoms with van der Waals surface area (Å²) in [6.45, 7) is 1.06. The summed E-state index contributed by atoms with van der Waals surface area (Å²) in [7, 11) is -3.05. The first-order valence-corrected chi connectivity index (χ1v) is 12.9. The summed E-state index contributed by atoms with van der Waals surface area (Å²) >= 11 is 0. The third-order valence-electron chi connectivity index (χ3n) is 5.95. The average Bonchev–Trinajstić information content (AvgIpc) is 2.93. The van der Waals surface area contributed by atoms with Gasteiger partial charge >= 0.3 is 16.5 Å². The predicted octanol–water partition coefficient (Wildman–Crippen LogP) is 0.216. The van der Waals surface area contributed by atoms with E-state index in [1.165, 1.54) is 48.8 Å². The Morgan fingerprint density at radius 1 is 1.11 bits per heavy atom. The lowest BCUT2D eigenvalue weighted by Crippen LogP contribution is -2.40. The second-order valence-electron chi connectivity index (χ2n) is 8.62. The SMILES string of the molecule is O=C(O)CNC(=O)[C@H](CN(N=S(=O)=O)C(=O)c1cccc(C(=O)NCC2CCNCC2)c1)c1cccnc1. The van der Waals surface area contributed by atoms with E-state index in [-0.39, 0.29) is 17.0 Å². The lowest BCUT2D eigenvalue weighted by Gasteiger charge is -2.23. The molecule has 0 spiro atoms. The van der Waals surface area contributed by atoms with Crippen LogP contribution >= 0.6 is 0 Å². The summed E-state index contributed by atoms with van der Waals surface area (Å²) in [4.78, 5) is 53.6. The fourth-order valence-corrected chi connectivity index (χ4v) is 4.28. The van der Waals surface area contributed by atoms with Crippen LogP contribution in [0.4, 0.5) is 0 Å². The van der Waals surface area contributed by atoms with Crippen molar-refractivity contribution >= 4 is 34.2 Å². The number of pyridine rings is 1. The highest BCUT2D eigenvalue weighted by Gasteiger charge is 2.28. The molecule has 0 saturated carbocycles. The zero-order valence-corrected chi connectivity index (χ0v) is 21.2. The van der Waals surface area contributed by atoms with Crippen molar-refractivity contribution in [3.63, 3.8) is 0 Å². The molecule has 1 aromatic carbocycles. The van der Waals surface area contributed by atoms with Gasteiger partial charge in [-0.3, -0.25) is 24.2 Å². The molecule has 1 aliphatic heterocycles. The van der Waals surface area contributed by atoms with Crippen molar-refractivity contribution in [2.75, 3.05) is 32.7 Å². The topological polar surface area (TPSA) is 187 Å². The first kappa shape index (κ1) is 28.4. The number of hydrogen-bond acceptors (Lipinski definition) is 9. The van der Waals surface area contributed by atoms with E-state index in [2.05, 4.69) is 25.4 Å². The van der Waals surface area contributed by atoms with Crippen LogP contribution in [0.25, 0.3) is 0 Å². The normalized spacial score (nSPS) is 14.1. The van der Waals surface area contributed by atoms with Crippen LogP contribution in [0.5, 0.6) is 0 Å². The van der Waals surface area contributed by atoms with E-state index in [0.717, 1.165) is 25.9 Å². The number of nitrogens with zero attached hydrogens (tertiary/aromatic N) is 3. The van der Waals surface area contributed by atoms with Crippen molar-refractivity contribution < 1.29 is 32.7 Å². The molecular weight excluding hydrogens is 516 g/mol. The van der Waals surface area contributed by atoms with Gasteiger partial charge in [0.05, 0.1) is 12.5 Å². The highest BCUT2D eigenvalue weighted by molar-refractivity contribution is 7.61. The zero-order chi connectivity index (χ0) is 27.5. The van der Waals surface area contributed by atoms with Crippen molar-refractivity contribution in [1.82, 2.24) is 25.9 Å². The number of benzene rings is 1. The molecule has 0 unspecified atom stereocenters. The fourth-order valence-electron chi connectivity index (χ4n) is 3.98. The van der Waals surface area contributed by atoms with E-state index in [4.69, 9.17) is 5.11 Å². The lowest BCUT2D eigenvalue weighted by molar-refractivity contribution is -0.138. The third kappa shape index (κ3) is 8.45. The average molecular weight is 545 g/mol. The van der Waals surface area contributed by atoms with Gasteiger partial charge in [-0.05, 0) is 66.1 Å². The summed E-state index contributed by atoms with van der Waals surface area (Å²) < 4.78 is 26.2. The van der Waals surface area contributed by atoms with Crippen molar-refractivity contribution in [2.24, 2.45) is 10.4 Å². The zero-order valence-electron chi connectivity index (χ0n) is 20.4. The minimum absolute atomic E-state index is 0.0235. The van der Waals surface area contributed by atoms with E-state index < -0.39 is 47.3 Å². The number of amides is 3. The van der Waals surface area contributed by atoms with Crippen LogP contribution in [0.1, 0.15) is 45.0 Å². The maximum atomic E-state index is 13.3. The maximum Gasteiger partial charge on any atom is 0.333 e. The Balaban J connectivity index is 1.81. The third-order valence-corrected chi connectivity index (χ3v) is 6.28. The standard InChI is InChI=1S/C24H28N6O7S/c31-21(32)14-28-23(34)20(19-5-2-8-26-13-19)15-30(29-38(36)37)24(35)18-4-1-3-17(11-18)22(33)27-12-16-6-9-25-10-7-16/h1-5,8,11,13,16,20,25H,6-7,9-10,12,14-15H2,(H,27,33)(H,28,34)(H,31,32)/t20-/m1/s1. The Hall–Kier alpha value is -4.17. The van der Waals surface area contributed by atoms with Crippen LogP contribution in [-0.4, -0.2) is 79.9 Å². The molecule has 14 heteroatoms.